The van der Waals surface area contributed by atoms with E-state index in [2.05, 4.69) is 26.2 Å². The number of nitrogens with one attached hydrogen (secondary N) is 1. The van der Waals surface area contributed by atoms with Crippen molar-refractivity contribution in [3.05, 3.63) is 39.8 Å². The lowest BCUT2D eigenvalue weighted by Gasteiger charge is -2.18. The highest BCUT2D eigenvalue weighted by Crippen LogP contribution is 2.31. The number of carbonyl (C=O) groups excluding carboxylic acids is 3. The predicted octanol–water partition coefficient (Wildman–Crippen LogP) is 3.10. The SMILES string of the molecule is CC(=O)c1csc(NC(=O)C2CC(=O)N(c3ccccc3Br)C2)n1. The Balaban J connectivity index is 1.70. The Morgan fingerprint density at radius 3 is 2.79 bits per heavy atom. The second-order valence-corrected chi connectivity index (χ2v) is 7.15. The van der Waals surface area contributed by atoms with Gasteiger partial charge in [0.05, 0.1) is 11.6 Å². The molecule has 1 saturated heterocycles. The summed E-state index contributed by atoms with van der Waals surface area (Å²) in [6.45, 7) is 1.74. The molecule has 2 amide bonds. The quantitative estimate of drug-likeness (QED) is 0.789. The summed E-state index contributed by atoms with van der Waals surface area (Å²) in [5.74, 6) is -0.954. The Kier molecular flexibility index (Phi) is 4.77. The molecule has 24 heavy (non-hydrogen) atoms. The monoisotopic (exact) mass is 407 g/mol. The minimum Gasteiger partial charge on any atom is -0.310 e. The normalized spacial score (nSPS) is 17.2. The van der Waals surface area contributed by atoms with Crippen molar-refractivity contribution in [1.29, 1.82) is 0 Å². The van der Waals surface area contributed by atoms with Gasteiger partial charge in [-0.1, -0.05) is 12.1 Å². The van der Waals surface area contributed by atoms with Gasteiger partial charge in [0, 0.05) is 29.7 Å². The van der Waals surface area contributed by atoms with E-state index in [4.69, 9.17) is 0 Å². The van der Waals surface area contributed by atoms with Gasteiger partial charge in [0.25, 0.3) is 0 Å². The van der Waals surface area contributed by atoms with E-state index in [-0.39, 0.29) is 24.0 Å². The average molecular weight is 408 g/mol. The molecule has 0 saturated carbocycles. The van der Waals surface area contributed by atoms with Crippen LogP contribution < -0.4 is 10.2 Å². The molecule has 1 fully saturated rings. The number of benzene rings is 1. The second kappa shape index (κ2) is 6.82. The van der Waals surface area contributed by atoms with Crippen LogP contribution in [-0.2, 0) is 9.59 Å². The molecule has 0 bridgehead atoms. The van der Waals surface area contributed by atoms with Crippen molar-refractivity contribution < 1.29 is 14.4 Å². The Morgan fingerprint density at radius 2 is 2.12 bits per heavy atom. The molecule has 1 aliphatic rings. The summed E-state index contributed by atoms with van der Waals surface area (Å²) < 4.78 is 0.811. The fraction of sp³-hybridized carbons (Fsp3) is 0.250. The van der Waals surface area contributed by atoms with E-state index in [1.54, 1.807) is 10.3 Å². The van der Waals surface area contributed by atoms with Crippen LogP contribution in [0.15, 0.2) is 34.1 Å². The van der Waals surface area contributed by atoms with Crippen LogP contribution in [0.3, 0.4) is 0 Å². The van der Waals surface area contributed by atoms with E-state index < -0.39 is 5.92 Å². The maximum atomic E-state index is 12.4. The van der Waals surface area contributed by atoms with E-state index in [0.29, 0.717) is 17.4 Å². The number of hydrogen-bond donors (Lipinski definition) is 1. The summed E-state index contributed by atoms with van der Waals surface area (Å²) in [5.41, 5.74) is 1.08. The smallest absolute Gasteiger partial charge is 0.231 e. The molecule has 0 spiro atoms. The standard InChI is InChI=1S/C16H14BrN3O3S/c1-9(21)12-8-24-16(18-12)19-15(23)10-6-14(22)20(7-10)13-5-3-2-4-11(13)17/h2-5,8,10H,6-7H2,1H3,(H,18,19,23). The number of thiazole rings is 1. The number of anilines is 2. The van der Waals surface area contributed by atoms with Crippen molar-refractivity contribution in [2.24, 2.45) is 5.92 Å². The molecule has 6 nitrogen and oxygen atoms in total. The van der Waals surface area contributed by atoms with Crippen LogP contribution in [0.1, 0.15) is 23.8 Å². The van der Waals surface area contributed by atoms with Crippen molar-refractivity contribution in [2.75, 3.05) is 16.8 Å². The number of aromatic nitrogens is 1. The largest absolute Gasteiger partial charge is 0.310 e. The molecule has 124 valence electrons. The maximum Gasteiger partial charge on any atom is 0.231 e. The van der Waals surface area contributed by atoms with E-state index in [1.165, 1.54) is 18.3 Å². The molecule has 3 rings (SSSR count). The fourth-order valence-electron chi connectivity index (χ4n) is 2.49. The lowest BCUT2D eigenvalue weighted by Crippen LogP contribution is -2.28. The van der Waals surface area contributed by atoms with Gasteiger partial charge in [-0.2, -0.15) is 0 Å². The molecule has 2 aromatic rings. The Morgan fingerprint density at radius 1 is 1.38 bits per heavy atom. The summed E-state index contributed by atoms with van der Waals surface area (Å²) in [4.78, 5) is 41.6. The number of para-hydroxylation sites is 1. The second-order valence-electron chi connectivity index (χ2n) is 5.44. The third kappa shape index (κ3) is 3.39. The number of halogens is 1. The third-order valence-electron chi connectivity index (χ3n) is 3.73. The van der Waals surface area contributed by atoms with E-state index >= 15 is 0 Å². The number of nitrogens with zero attached hydrogens (tertiary/aromatic N) is 2. The van der Waals surface area contributed by atoms with Gasteiger partial charge in [-0.25, -0.2) is 4.98 Å². The van der Waals surface area contributed by atoms with Crippen LogP contribution in [0.5, 0.6) is 0 Å². The summed E-state index contributed by atoms with van der Waals surface area (Å²) in [6, 6.07) is 7.41. The molecule has 2 heterocycles. The van der Waals surface area contributed by atoms with Gasteiger partial charge in [-0.3, -0.25) is 14.4 Å². The molecule has 1 aliphatic heterocycles. The van der Waals surface area contributed by atoms with Gasteiger partial charge in [0.1, 0.15) is 5.69 Å². The number of carbonyl (C=O) groups is 3. The van der Waals surface area contributed by atoms with E-state index in [1.807, 2.05) is 24.3 Å². The highest BCUT2D eigenvalue weighted by Gasteiger charge is 2.36. The van der Waals surface area contributed by atoms with Crippen LogP contribution in [0.4, 0.5) is 10.8 Å². The van der Waals surface area contributed by atoms with Gasteiger partial charge in [-0.05, 0) is 28.1 Å². The highest BCUT2D eigenvalue weighted by atomic mass is 79.9. The summed E-state index contributed by atoms with van der Waals surface area (Å²) in [5, 5.41) is 4.67. The molecular formula is C16H14BrN3O3S. The molecule has 1 N–H and O–H groups in total. The van der Waals surface area contributed by atoms with Crippen molar-refractivity contribution in [3.63, 3.8) is 0 Å². The average Bonchev–Trinajstić information content (AvgIpc) is 3.15. The molecular weight excluding hydrogens is 394 g/mol. The Labute approximate surface area is 151 Å². The van der Waals surface area contributed by atoms with Crippen LogP contribution in [0, 0.1) is 5.92 Å². The molecule has 1 unspecified atom stereocenters. The number of Topliss-reactive ketones (excluding diaryl/α,β-unsaturated/α-hetero) is 1. The van der Waals surface area contributed by atoms with Gasteiger partial charge in [0.2, 0.25) is 11.8 Å². The topological polar surface area (TPSA) is 79.4 Å². The van der Waals surface area contributed by atoms with E-state index in [0.717, 1.165) is 10.2 Å². The van der Waals surface area contributed by atoms with Gasteiger partial charge >= 0.3 is 0 Å². The summed E-state index contributed by atoms with van der Waals surface area (Å²) in [6.07, 6.45) is 0.151. The lowest BCUT2D eigenvalue weighted by atomic mass is 10.1. The fourth-order valence-corrected chi connectivity index (χ4v) is 3.74. The third-order valence-corrected chi connectivity index (χ3v) is 5.16. The van der Waals surface area contributed by atoms with Crippen LogP contribution in [0.25, 0.3) is 0 Å². The van der Waals surface area contributed by atoms with Crippen LogP contribution in [-0.4, -0.2) is 29.1 Å². The first-order chi connectivity index (χ1) is 11.5. The zero-order valence-corrected chi connectivity index (χ0v) is 15.2. The summed E-state index contributed by atoms with van der Waals surface area (Å²) in [7, 11) is 0. The Bertz CT molecular complexity index is 820. The predicted molar refractivity (Wildman–Crippen MR) is 95.4 cm³/mol. The Hall–Kier alpha value is -2.06. The van der Waals surface area contributed by atoms with Crippen molar-refractivity contribution >= 4 is 55.7 Å². The van der Waals surface area contributed by atoms with Crippen LogP contribution in [0.2, 0.25) is 0 Å². The highest BCUT2D eigenvalue weighted by molar-refractivity contribution is 9.10. The number of amides is 2. The molecule has 0 aliphatic carbocycles. The first kappa shape index (κ1) is 16.8. The molecule has 1 aromatic carbocycles. The minimum absolute atomic E-state index is 0.0920. The van der Waals surface area contributed by atoms with Gasteiger partial charge < -0.3 is 10.2 Å². The first-order valence-corrected chi connectivity index (χ1v) is 8.95. The molecule has 1 atom stereocenters. The minimum atomic E-state index is -0.450. The van der Waals surface area contributed by atoms with Gasteiger partial charge in [-0.15, -0.1) is 11.3 Å². The first-order valence-electron chi connectivity index (χ1n) is 7.28. The number of hydrogen-bond acceptors (Lipinski definition) is 5. The summed E-state index contributed by atoms with van der Waals surface area (Å²) >= 11 is 4.62. The molecule has 1 aromatic heterocycles. The van der Waals surface area contributed by atoms with Crippen molar-refractivity contribution in [2.45, 2.75) is 13.3 Å². The molecule has 8 heteroatoms. The van der Waals surface area contributed by atoms with Crippen molar-refractivity contribution in [1.82, 2.24) is 4.98 Å². The zero-order valence-electron chi connectivity index (χ0n) is 12.8. The van der Waals surface area contributed by atoms with E-state index in [9.17, 15) is 14.4 Å². The van der Waals surface area contributed by atoms with Crippen molar-refractivity contribution in [3.8, 4) is 0 Å². The maximum absolute atomic E-state index is 12.4. The zero-order chi connectivity index (χ0) is 17.3. The lowest BCUT2D eigenvalue weighted by molar-refractivity contribution is -0.122. The van der Waals surface area contributed by atoms with Crippen LogP contribution >= 0.6 is 27.3 Å². The van der Waals surface area contributed by atoms with Gasteiger partial charge in [0.15, 0.2) is 10.9 Å². The molecule has 0 radical (unpaired) electrons. The number of ketones is 1. The number of rotatable bonds is 4.